The van der Waals surface area contributed by atoms with Crippen molar-refractivity contribution in [2.24, 2.45) is 7.05 Å². The molecule has 112 valence electrons. The normalized spacial score (nSPS) is 10.5. The van der Waals surface area contributed by atoms with Gasteiger partial charge in [0.05, 0.1) is 23.3 Å². The first-order valence-corrected chi connectivity index (χ1v) is 6.49. The topological polar surface area (TPSA) is 82.2 Å². The van der Waals surface area contributed by atoms with Gasteiger partial charge in [-0.1, -0.05) is 6.07 Å². The van der Waals surface area contributed by atoms with Gasteiger partial charge in [-0.15, -0.1) is 0 Å². The van der Waals surface area contributed by atoms with E-state index in [1.165, 1.54) is 6.07 Å². The summed E-state index contributed by atoms with van der Waals surface area (Å²) >= 11 is 0. The molecule has 0 saturated heterocycles. The van der Waals surface area contributed by atoms with E-state index in [9.17, 15) is 10.1 Å². The SMILES string of the molecule is COc1c(CNc2ccc(C)c([N+](=O)[O-])c2)c(C)nn1C. The van der Waals surface area contributed by atoms with Crippen molar-refractivity contribution in [3.8, 4) is 5.88 Å². The number of hydrogen-bond acceptors (Lipinski definition) is 5. The molecule has 21 heavy (non-hydrogen) atoms. The summed E-state index contributed by atoms with van der Waals surface area (Å²) in [7, 11) is 3.41. The van der Waals surface area contributed by atoms with E-state index in [0.29, 0.717) is 23.7 Å². The van der Waals surface area contributed by atoms with Crippen molar-refractivity contribution >= 4 is 11.4 Å². The average molecular weight is 290 g/mol. The van der Waals surface area contributed by atoms with Crippen molar-refractivity contribution < 1.29 is 9.66 Å². The number of benzene rings is 1. The molecule has 0 aliphatic carbocycles. The summed E-state index contributed by atoms with van der Waals surface area (Å²) in [5.41, 5.74) is 3.24. The Morgan fingerprint density at radius 1 is 1.43 bits per heavy atom. The predicted octanol–water partition coefficient (Wildman–Crippen LogP) is 2.57. The quantitative estimate of drug-likeness (QED) is 0.676. The molecular weight excluding hydrogens is 272 g/mol. The van der Waals surface area contributed by atoms with Crippen LogP contribution in [0.15, 0.2) is 18.2 Å². The Balaban J connectivity index is 2.21. The molecule has 0 aliphatic rings. The van der Waals surface area contributed by atoms with E-state index >= 15 is 0 Å². The smallest absolute Gasteiger partial charge is 0.274 e. The average Bonchev–Trinajstić information content (AvgIpc) is 2.71. The van der Waals surface area contributed by atoms with E-state index < -0.39 is 0 Å². The number of nitrogens with one attached hydrogen (secondary N) is 1. The number of methoxy groups -OCH3 is 1. The second kappa shape index (κ2) is 5.82. The molecule has 0 saturated carbocycles. The van der Waals surface area contributed by atoms with Crippen LogP contribution in [0.1, 0.15) is 16.8 Å². The third-order valence-corrected chi connectivity index (χ3v) is 3.36. The van der Waals surface area contributed by atoms with E-state index in [2.05, 4.69) is 10.4 Å². The Bertz CT molecular complexity index is 679. The van der Waals surface area contributed by atoms with E-state index in [1.807, 2.05) is 20.0 Å². The Hall–Kier alpha value is -2.57. The first-order valence-electron chi connectivity index (χ1n) is 6.49. The lowest BCUT2D eigenvalue weighted by molar-refractivity contribution is -0.385. The van der Waals surface area contributed by atoms with Crippen LogP contribution in [0.3, 0.4) is 0 Å². The molecule has 2 aromatic rings. The molecule has 7 nitrogen and oxygen atoms in total. The number of nitro groups is 1. The van der Waals surface area contributed by atoms with Gasteiger partial charge >= 0.3 is 0 Å². The molecule has 0 bridgehead atoms. The van der Waals surface area contributed by atoms with Crippen LogP contribution in [0.2, 0.25) is 0 Å². The number of aromatic nitrogens is 2. The predicted molar refractivity (Wildman–Crippen MR) is 79.7 cm³/mol. The number of hydrogen-bond donors (Lipinski definition) is 1. The first-order chi connectivity index (χ1) is 9.93. The minimum absolute atomic E-state index is 0.106. The summed E-state index contributed by atoms with van der Waals surface area (Å²) in [6, 6.07) is 5.09. The Morgan fingerprint density at radius 3 is 2.76 bits per heavy atom. The van der Waals surface area contributed by atoms with E-state index in [-0.39, 0.29) is 10.6 Å². The standard InChI is InChI=1S/C14H18N4O3/c1-9-5-6-11(7-13(9)18(19)20)15-8-12-10(2)16-17(3)14(12)21-4/h5-7,15H,8H2,1-4H3. The van der Waals surface area contributed by atoms with Gasteiger partial charge in [0, 0.05) is 30.9 Å². The molecule has 1 heterocycles. The van der Waals surface area contributed by atoms with Crippen LogP contribution in [-0.2, 0) is 13.6 Å². The largest absolute Gasteiger partial charge is 0.481 e. The lowest BCUT2D eigenvalue weighted by Crippen LogP contribution is -2.03. The second-order valence-electron chi connectivity index (χ2n) is 4.81. The highest BCUT2D eigenvalue weighted by molar-refractivity contribution is 5.55. The van der Waals surface area contributed by atoms with Gasteiger partial charge in [-0.05, 0) is 19.9 Å². The van der Waals surface area contributed by atoms with E-state index in [0.717, 1.165) is 11.3 Å². The van der Waals surface area contributed by atoms with E-state index in [1.54, 1.807) is 24.8 Å². The highest BCUT2D eigenvalue weighted by Gasteiger charge is 2.15. The summed E-state index contributed by atoms with van der Waals surface area (Å²) in [6.07, 6.45) is 0. The van der Waals surface area contributed by atoms with Crippen molar-refractivity contribution in [3.05, 3.63) is 45.1 Å². The number of ether oxygens (including phenoxy) is 1. The molecule has 0 radical (unpaired) electrons. The summed E-state index contributed by atoms with van der Waals surface area (Å²) in [5.74, 6) is 0.682. The maximum absolute atomic E-state index is 11.0. The Labute approximate surface area is 122 Å². The maximum Gasteiger partial charge on any atom is 0.274 e. The highest BCUT2D eigenvalue weighted by Crippen LogP contribution is 2.25. The molecule has 0 amide bonds. The zero-order chi connectivity index (χ0) is 15.6. The molecule has 0 aliphatic heterocycles. The van der Waals surface area contributed by atoms with Crippen LogP contribution < -0.4 is 10.1 Å². The minimum Gasteiger partial charge on any atom is -0.481 e. The summed E-state index contributed by atoms with van der Waals surface area (Å²) in [6.45, 7) is 4.11. The first kappa shape index (κ1) is 14.8. The fourth-order valence-electron chi connectivity index (χ4n) is 2.25. The number of nitrogens with zero attached hydrogens (tertiary/aromatic N) is 3. The van der Waals surface area contributed by atoms with E-state index in [4.69, 9.17) is 4.74 Å². The monoisotopic (exact) mass is 290 g/mol. The van der Waals surface area contributed by atoms with Gasteiger partial charge < -0.3 is 10.1 Å². The molecular formula is C14H18N4O3. The van der Waals surface area contributed by atoms with Crippen molar-refractivity contribution in [1.82, 2.24) is 9.78 Å². The number of rotatable bonds is 5. The summed E-state index contributed by atoms with van der Waals surface area (Å²) in [4.78, 5) is 10.6. The number of nitro benzene ring substituents is 1. The van der Waals surface area contributed by atoms with Gasteiger partial charge in [-0.3, -0.25) is 10.1 Å². The second-order valence-corrected chi connectivity index (χ2v) is 4.81. The fraction of sp³-hybridized carbons (Fsp3) is 0.357. The number of anilines is 1. The molecule has 0 unspecified atom stereocenters. The third-order valence-electron chi connectivity index (χ3n) is 3.36. The number of aryl methyl sites for hydroxylation is 3. The van der Waals surface area contributed by atoms with Crippen LogP contribution in [0.25, 0.3) is 0 Å². The summed E-state index contributed by atoms with van der Waals surface area (Å²) < 4.78 is 6.99. The van der Waals surface area contributed by atoms with Crippen LogP contribution in [0, 0.1) is 24.0 Å². The zero-order valence-corrected chi connectivity index (χ0v) is 12.5. The van der Waals surface area contributed by atoms with Gasteiger partial charge in [0.25, 0.3) is 5.69 Å². The van der Waals surface area contributed by atoms with Crippen molar-refractivity contribution in [2.75, 3.05) is 12.4 Å². The van der Waals surface area contributed by atoms with Crippen molar-refractivity contribution in [2.45, 2.75) is 20.4 Å². The van der Waals surface area contributed by atoms with Crippen LogP contribution in [-0.4, -0.2) is 21.8 Å². The molecule has 1 aromatic carbocycles. The van der Waals surface area contributed by atoms with Gasteiger partial charge in [-0.2, -0.15) is 5.10 Å². The van der Waals surface area contributed by atoms with Gasteiger partial charge in [0.1, 0.15) is 0 Å². The molecule has 2 rings (SSSR count). The zero-order valence-electron chi connectivity index (χ0n) is 12.5. The highest BCUT2D eigenvalue weighted by atomic mass is 16.6. The maximum atomic E-state index is 11.0. The van der Waals surface area contributed by atoms with Gasteiger partial charge in [0.15, 0.2) is 0 Å². The summed E-state index contributed by atoms with van der Waals surface area (Å²) in [5, 5.41) is 18.4. The fourth-order valence-corrected chi connectivity index (χ4v) is 2.25. The van der Waals surface area contributed by atoms with Crippen LogP contribution >= 0.6 is 0 Å². The lowest BCUT2D eigenvalue weighted by Gasteiger charge is -2.08. The molecule has 1 aromatic heterocycles. The molecule has 7 heteroatoms. The molecule has 1 N–H and O–H groups in total. The van der Waals surface area contributed by atoms with Crippen LogP contribution in [0.5, 0.6) is 5.88 Å². The molecule has 0 spiro atoms. The Morgan fingerprint density at radius 2 is 2.14 bits per heavy atom. The van der Waals surface area contributed by atoms with Crippen LogP contribution in [0.4, 0.5) is 11.4 Å². The van der Waals surface area contributed by atoms with Gasteiger partial charge in [0.2, 0.25) is 5.88 Å². The molecule has 0 fully saturated rings. The Kier molecular flexibility index (Phi) is 4.11. The third kappa shape index (κ3) is 2.96. The minimum atomic E-state index is -0.379. The van der Waals surface area contributed by atoms with Gasteiger partial charge in [-0.25, -0.2) is 4.68 Å². The lowest BCUT2D eigenvalue weighted by atomic mass is 10.1. The van der Waals surface area contributed by atoms with Crippen molar-refractivity contribution in [1.29, 1.82) is 0 Å². The molecule has 0 atom stereocenters. The van der Waals surface area contributed by atoms with Crippen molar-refractivity contribution in [3.63, 3.8) is 0 Å².